The highest BCUT2D eigenvalue weighted by molar-refractivity contribution is 6.32. The van der Waals surface area contributed by atoms with Gasteiger partial charge < -0.3 is 26.6 Å². The molecule has 6 N–H and O–H groups in total. The van der Waals surface area contributed by atoms with Gasteiger partial charge in [0, 0.05) is 18.7 Å². The van der Waals surface area contributed by atoms with Gasteiger partial charge in [-0.25, -0.2) is 0 Å². The van der Waals surface area contributed by atoms with Crippen molar-refractivity contribution in [2.24, 2.45) is 29.4 Å². The van der Waals surface area contributed by atoms with E-state index in [2.05, 4.69) is 15.6 Å². The zero-order valence-corrected chi connectivity index (χ0v) is 23.0. The van der Waals surface area contributed by atoms with Crippen molar-refractivity contribution in [3.63, 3.8) is 0 Å². The SMILES string of the molecule is CN(C)[C@@H]1C(=O)C(C(N)=O)C(=O)[C@@]2(O)C(=O)C3C(=O)c4c(ccc(NC(=O)CNCc5ccccn5)c4O)CC3CC12. The minimum absolute atomic E-state index is 0.0366. The lowest BCUT2D eigenvalue weighted by Crippen LogP contribution is -2.74. The third kappa shape index (κ3) is 4.59. The van der Waals surface area contributed by atoms with Gasteiger partial charge in [0.1, 0.15) is 5.75 Å². The van der Waals surface area contributed by atoms with Crippen molar-refractivity contribution in [1.29, 1.82) is 0 Å². The van der Waals surface area contributed by atoms with E-state index in [0.29, 0.717) is 12.1 Å². The molecule has 0 aliphatic heterocycles. The maximum Gasteiger partial charge on any atom is 0.238 e. The van der Waals surface area contributed by atoms with Crippen molar-refractivity contribution in [2.45, 2.75) is 31.0 Å². The lowest BCUT2D eigenvalue weighted by molar-refractivity contribution is -0.181. The summed E-state index contributed by atoms with van der Waals surface area (Å²) in [7, 11) is 3.05. The van der Waals surface area contributed by atoms with Crippen LogP contribution in [0.15, 0.2) is 36.5 Å². The molecule has 0 saturated heterocycles. The van der Waals surface area contributed by atoms with Crippen molar-refractivity contribution in [1.82, 2.24) is 15.2 Å². The van der Waals surface area contributed by atoms with Crippen molar-refractivity contribution in [3.8, 4) is 5.75 Å². The minimum Gasteiger partial charge on any atom is -0.505 e. The number of nitrogens with zero attached hydrogens (tertiary/aromatic N) is 2. The fourth-order valence-electron chi connectivity index (χ4n) is 6.68. The van der Waals surface area contributed by atoms with Crippen LogP contribution in [0.4, 0.5) is 5.69 Å². The number of aromatic hydroxyl groups is 1. The van der Waals surface area contributed by atoms with Gasteiger partial charge in [-0.05, 0) is 56.6 Å². The molecule has 13 nitrogen and oxygen atoms in total. The lowest BCUT2D eigenvalue weighted by atomic mass is 9.52. The number of ketones is 4. The van der Waals surface area contributed by atoms with Crippen LogP contribution >= 0.6 is 0 Å². The second-order valence-electron chi connectivity index (χ2n) is 11.3. The summed E-state index contributed by atoms with van der Waals surface area (Å²) in [6.07, 6.45) is 1.73. The second-order valence-corrected chi connectivity index (χ2v) is 11.3. The first-order valence-corrected chi connectivity index (χ1v) is 13.5. The number of amides is 2. The van der Waals surface area contributed by atoms with Gasteiger partial charge in [-0.15, -0.1) is 0 Å². The number of likely N-dealkylation sites (N-methyl/N-ethyl adjacent to an activating group) is 1. The Bertz CT molecular complexity index is 1510. The Balaban J connectivity index is 1.41. The number of phenolic OH excluding ortho intramolecular Hbond substituents is 1. The molecular formula is C29H31N5O8. The zero-order chi connectivity index (χ0) is 30.5. The molecule has 4 unspecified atom stereocenters. The normalized spacial score (nSPS) is 28.6. The number of aliphatic hydroxyl groups is 1. The van der Waals surface area contributed by atoms with E-state index >= 15 is 0 Å². The molecule has 0 spiro atoms. The van der Waals surface area contributed by atoms with Gasteiger partial charge in [-0.3, -0.25) is 38.7 Å². The average molecular weight is 578 g/mol. The number of aromatic nitrogens is 1. The number of carbonyl (C=O) groups is 6. The third-order valence-corrected chi connectivity index (χ3v) is 8.53. The monoisotopic (exact) mass is 577 g/mol. The molecule has 3 aliphatic carbocycles. The Morgan fingerprint density at radius 3 is 2.50 bits per heavy atom. The lowest BCUT2D eigenvalue weighted by Gasteiger charge is -2.52. The smallest absolute Gasteiger partial charge is 0.238 e. The van der Waals surface area contributed by atoms with Gasteiger partial charge in [0.25, 0.3) is 0 Å². The Morgan fingerprint density at radius 1 is 1.12 bits per heavy atom. The predicted octanol–water partition coefficient (Wildman–Crippen LogP) is -1.01. The molecule has 0 bridgehead atoms. The van der Waals surface area contributed by atoms with Crippen LogP contribution in [0.25, 0.3) is 0 Å². The molecule has 2 fully saturated rings. The van der Waals surface area contributed by atoms with Crippen molar-refractivity contribution >= 4 is 40.6 Å². The van der Waals surface area contributed by atoms with Crippen molar-refractivity contribution < 1.29 is 39.0 Å². The number of Topliss-reactive ketones (excluding diaryl/α,β-unsaturated/α-hetero) is 4. The van der Waals surface area contributed by atoms with Crippen molar-refractivity contribution in [3.05, 3.63) is 53.3 Å². The van der Waals surface area contributed by atoms with E-state index in [-0.39, 0.29) is 30.6 Å². The number of benzene rings is 1. The first kappa shape index (κ1) is 29.2. The summed E-state index contributed by atoms with van der Waals surface area (Å²) in [5, 5.41) is 28.1. The van der Waals surface area contributed by atoms with Crippen LogP contribution in [0.3, 0.4) is 0 Å². The average Bonchev–Trinajstić information content (AvgIpc) is 2.92. The van der Waals surface area contributed by atoms with E-state index in [1.807, 2.05) is 6.07 Å². The van der Waals surface area contributed by atoms with Gasteiger partial charge in [0.2, 0.25) is 11.8 Å². The maximum absolute atomic E-state index is 13.9. The van der Waals surface area contributed by atoms with Crippen LogP contribution in [-0.2, 0) is 36.9 Å². The van der Waals surface area contributed by atoms with Crippen molar-refractivity contribution in [2.75, 3.05) is 26.0 Å². The molecule has 3 aliphatic rings. The number of anilines is 1. The summed E-state index contributed by atoms with van der Waals surface area (Å²) in [6, 6.07) is 7.22. The minimum atomic E-state index is -2.79. The third-order valence-electron chi connectivity index (χ3n) is 8.53. The predicted molar refractivity (Wildman–Crippen MR) is 146 cm³/mol. The molecule has 2 aromatic rings. The molecular weight excluding hydrogens is 546 g/mol. The number of rotatable bonds is 7. The first-order valence-electron chi connectivity index (χ1n) is 13.5. The number of nitrogens with two attached hydrogens (primary N) is 1. The van der Waals surface area contributed by atoms with E-state index in [1.165, 1.54) is 25.1 Å². The standard InChI is InChI=1S/C29H31N5O8/c1-34(2)22-16-10-14-9-13-6-7-17(33-18(35)12-31-11-15-5-3-4-8-32-15)23(36)19(13)24(37)20(14)26(39)29(16,42)27(40)21(25(22)38)28(30)41/h3-8,14,16,20-22,31,36,42H,9-12H2,1-2H3,(H2,30,41)(H,33,35)/t14?,16?,20?,21?,22-,29-/m0/s1. The number of pyridine rings is 1. The molecule has 0 radical (unpaired) electrons. The number of nitrogens with one attached hydrogen (secondary N) is 2. The fourth-order valence-corrected chi connectivity index (χ4v) is 6.68. The number of primary amides is 1. The summed E-state index contributed by atoms with van der Waals surface area (Å²) in [5.41, 5.74) is 3.44. The van der Waals surface area contributed by atoms with E-state index in [4.69, 9.17) is 5.73 Å². The quantitative estimate of drug-likeness (QED) is 0.199. The number of phenols is 1. The number of carbonyl (C=O) groups excluding carboxylic acids is 6. The van der Waals surface area contributed by atoms with E-state index in [0.717, 1.165) is 5.69 Å². The van der Waals surface area contributed by atoms with Gasteiger partial charge in [-0.1, -0.05) is 12.1 Å². The van der Waals surface area contributed by atoms with Crippen LogP contribution in [0.5, 0.6) is 5.75 Å². The highest BCUT2D eigenvalue weighted by atomic mass is 16.3. The Kier molecular flexibility index (Phi) is 7.51. The van der Waals surface area contributed by atoms with Gasteiger partial charge >= 0.3 is 0 Å². The second kappa shape index (κ2) is 10.8. The topological polar surface area (TPSA) is 209 Å². The maximum atomic E-state index is 13.9. The van der Waals surface area contributed by atoms with Crippen LogP contribution in [0, 0.1) is 23.7 Å². The molecule has 42 heavy (non-hydrogen) atoms. The van der Waals surface area contributed by atoms with Crippen LogP contribution < -0.4 is 16.4 Å². The molecule has 2 saturated carbocycles. The molecule has 6 atom stereocenters. The molecule has 1 aromatic heterocycles. The molecule has 220 valence electrons. The van der Waals surface area contributed by atoms with Crippen LogP contribution in [-0.4, -0.2) is 87.3 Å². The molecule has 1 aromatic carbocycles. The summed E-state index contributed by atoms with van der Waals surface area (Å²) >= 11 is 0. The van der Waals surface area contributed by atoms with Crippen LogP contribution in [0.1, 0.15) is 28.0 Å². The number of hydrogen-bond donors (Lipinski definition) is 5. The Labute approximate surface area is 240 Å². The zero-order valence-electron chi connectivity index (χ0n) is 23.0. The molecule has 1 heterocycles. The number of hydrogen-bond acceptors (Lipinski definition) is 11. The fraction of sp³-hybridized carbons (Fsp3) is 0.414. The largest absolute Gasteiger partial charge is 0.505 e. The summed E-state index contributed by atoms with van der Waals surface area (Å²) in [5.74, 6) is -11.8. The molecule has 5 rings (SSSR count). The van der Waals surface area contributed by atoms with Gasteiger partial charge in [0.05, 0.1) is 35.4 Å². The summed E-state index contributed by atoms with van der Waals surface area (Å²) < 4.78 is 0. The Morgan fingerprint density at radius 2 is 1.86 bits per heavy atom. The highest BCUT2D eigenvalue weighted by Gasteiger charge is 2.69. The summed E-state index contributed by atoms with van der Waals surface area (Å²) in [6.45, 7) is 0.209. The van der Waals surface area contributed by atoms with E-state index < -0.39 is 76.0 Å². The molecule has 2 amide bonds. The molecule has 13 heteroatoms. The number of fused-ring (bicyclic) bond motifs is 3. The highest BCUT2D eigenvalue weighted by Crippen LogP contribution is 2.51. The van der Waals surface area contributed by atoms with Crippen LogP contribution in [0.2, 0.25) is 0 Å². The van der Waals surface area contributed by atoms with Gasteiger partial charge in [0.15, 0.2) is 34.7 Å². The summed E-state index contributed by atoms with van der Waals surface area (Å²) in [4.78, 5) is 84.3. The first-order chi connectivity index (χ1) is 19.9. The van der Waals surface area contributed by atoms with E-state index in [1.54, 1.807) is 24.4 Å². The Hall–Kier alpha value is -4.33. The van der Waals surface area contributed by atoms with E-state index in [9.17, 15) is 39.0 Å². The van der Waals surface area contributed by atoms with Gasteiger partial charge in [-0.2, -0.15) is 0 Å².